The van der Waals surface area contributed by atoms with Crippen molar-refractivity contribution < 1.29 is 9.53 Å². The third-order valence-electron chi connectivity index (χ3n) is 3.89. The molecule has 0 aliphatic carbocycles. The van der Waals surface area contributed by atoms with E-state index < -0.39 is 6.10 Å². The molecule has 1 fully saturated rings. The van der Waals surface area contributed by atoms with Gasteiger partial charge >= 0.3 is 0 Å². The fraction of sp³-hybridized carbons (Fsp3) is 0.562. The maximum absolute atomic E-state index is 12.2. The third-order valence-corrected chi connectivity index (χ3v) is 4.69. The number of amides is 1. The van der Waals surface area contributed by atoms with Crippen molar-refractivity contribution in [2.75, 3.05) is 13.1 Å². The molecule has 0 bridgehead atoms. The summed E-state index contributed by atoms with van der Waals surface area (Å²) in [5.74, 6) is 0.290. The summed E-state index contributed by atoms with van der Waals surface area (Å²) in [5.41, 5.74) is 0. The van der Waals surface area contributed by atoms with Gasteiger partial charge in [0.2, 0.25) is 0 Å². The summed E-state index contributed by atoms with van der Waals surface area (Å²) in [7, 11) is 0. The van der Waals surface area contributed by atoms with Crippen LogP contribution in [0.3, 0.4) is 0 Å². The maximum Gasteiger partial charge on any atom is 0.261 e. The highest BCUT2D eigenvalue weighted by Crippen LogP contribution is 2.32. The van der Waals surface area contributed by atoms with E-state index in [-0.39, 0.29) is 11.9 Å². The Morgan fingerprint density at radius 3 is 2.73 bits per heavy atom. The molecule has 22 heavy (non-hydrogen) atoms. The second-order valence-electron chi connectivity index (χ2n) is 5.89. The summed E-state index contributed by atoms with van der Waals surface area (Å²) in [5, 5.41) is 3.78. The smallest absolute Gasteiger partial charge is 0.261 e. The molecule has 0 aromatic heterocycles. The first-order valence-corrected chi connectivity index (χ1v) is 8.29. The van der Waals surface area contributed by atoms with Crippen LogP contribution in [0.25, 0.3) is 0 Å². The molecule has 6 heteroatoms. The minimum Gasteiger partial charge on any atom is -0.479 e. The van der Waals surface area contributed by atoms with Crippen molar-refractivity contribution in [3.8, 4) is 5.75 Å². The Balaban J connectivity index is 1.89. The van der Waals surface area contributed by atoms with Gasteiger partial charge in [0, 0.05) is 25.2 Å². The van der Waals surface area contributed by atoms with Crippen LogP contribution in [0.15, 0.2) is 18.2 Å². The number of hydrogen-bond donors (Lipinski definition) is 1. The van der Waals surface area contributed by atoms with Crippen LogP contribution < -0.4 is 10.1 Å². The molecule has 0 radical (unpaired) electrons. The zero-order valence-corrected chi connectivity index (χ0v) is 14.6. The lowest BCUT2D eigenvalue weighted by Gasteiger charge is -2.21. The number of carbonyl (C=O) groups is 1. The van der Waals surface area contributed by atoms with Gasteiger partial charge < -0.3 is 10.1 Å². The fourth-order valence-electron chi connectivity index (χ4n) is 2.51. The molecule has 1 saturated heterocycles. The van der Waals surface area contributed by atoms with Gasteiger partial charge in [-0.05, 0) is 39.3 Å². The maximum atomic E-state index is 12.2. The number of carbonyl (C=O) groups excluding carboxylic acids is 1. The molecule has 1 aromatic rings. The van der Waals surface area contributed by atoms with Crippen LogP contribution in [0, 0.1) is 0 Å². The largest absolute Gasteiger partial charge is 0.479 e. The molecule has 1 amide bonds. The average molecular weight is 345 g/mol. The topological polar surface area (TPSA) is 41.6 Å². The van der Waals surface area contributed by atoms with Gasteiger partial charge in [0.25, 0.3) is 5.91 Å². The van der Waals surface area contributed by atoms with Gasteiger partial charge in [-0.2, -0.15) is 0 Å². The fourth-order valence-corrected chi connectivity index (χ4v) is 2.85. The number of rotatable bonds is 5. The number of likely N-dealkylation sites (tertiary alicyclic amines) is 1. The molecule has 0 spiro atoms. The molecule has 122 valence electrons. The van der Waals surface area contributed by atoms with E-state index in [4.69, 9.17) is 27.9 Å². The molecule has 1 aromatic carbocycles. The minimum atomic E-state index is -0.621. The molecule has 0 unspecified atom stereocenters. The number of nitrogens with one attached hydrogen (secondary N) is 1. The number of benzene rings is 1. The first-order chi connectivity index (χ1) is 10.4. The van der Waals surface area contributed by atoms with Crippen LogP contribution in [-0.2, 0) is 4.79 Å². The number of ether oxygens (including phenoxy) is 1. The molecular formula is C16H22Cl2N2O2. The Morgan fingerprint density at radius 2 is 2.09 bits per heavy atom. The van der Waals surface area contributed by atoms with Crippen molar-refractivity contribution in [1.82, 2.24) is 10.2 Å². The molecule has 0 saturated carbocycles. The summed E-state index contributed by atoms with van der Waals surface area (Å²) in [4.78, 5) is 14.6. The molecule has 2 atom stereocenters. The highest BCUT2D eigenvalue weighted by Gasteiger charge is 2.27. The van der Waals surface area contributed by atoms with Gasteiger partial charge in [0.05, 0.1) is 5.02 Å². The van der Waals surface area contributed by atoms with Crippen molar-refractivity contribution in [2.24, 2.45) is 0 Å². The van der Waals surface area contributed by atoms with Crippen LogP contribution in [0.5, 0.6) is 5.75 Å². The van der Waals surface area contributed by atoms with Gasteiger partial charge in [-0.15, -0.1) is 0 Å². The Kier molecular flexibility index (Phi) is 5.95. The van der Waals surface area contributed by atoms with E-state index in [1.54, 1.807) is 25.1 Å². The molecular weight excluding hydrogens is 323 g/mol. The summed E-state index contributed by atoms with van der Waals surface area (Å²) < 4.78 is 5.63. The van der Waals surface area contributed by atoms with Gasteiger partial charge in [-0.25, -0.2) is 0 Å². The highest BCUT2D eigenvalue weighted by molar-refractivity contribution is 6.42. The molecule has 1 heterocycles. The van der Waals surface area contributed by atoms with Crippen LogP contribution >= 0.6 is 23.2 Å². The summed E-state index contributed by atoms with van der Waals surface area (Å²) >= 11 is 12.0. The Labute approximate surface area is 141 Å². The van der Waals surface area contributed by atoms with Crippen molar-refractivity contribution in [2.45, 2.75) is 45.4 Å². The van der Waals surface area contributed by atoms with Gasteiger partial charge in [-0.1, -0.05) is 29.3 Å². The summed E-state index contributed by atoms with van der Waals surface area (Å²) in [6, 6.07) is 5.80. The zero-order chi connectivity index (χ0) is 16.3. The van der Waals surface area contributed by atoms with Gasteiger partial charge in [0.15, 0.2) is 6.10 Å². The quantitative estimate of drug-likeness (QED) is 0.890. The molecule has 1 N–H and O–H groups in total. The van der Waals surface area contributed by atoms with E-state index in [2.05, 4.69) is 24.1 Å². The average Bonchev–Trinajstić information content (AvgIpc) is 2.92. The minimum absolute atomic E-state index is 0.133. The second kappa shape index (κ2) is 7.53. The van der Waals surface area contributed by atoms with Crippen LogP contribution in [0.2, 0.25) is 10.0 Å². The lowest BCUT2D eigenvalue weighted by Crippen LogP contribution is -2.44. The first-order valence-electron chi connectivity index (χ1n) is 7.53. The predicted molar refractivity (Wildman–Crippen MR) is 89.8 cm³/mol. The highest BCUT2D eigenvalue weighted by atomic mass is 35.5. The number of nitrogens with zero attached hydrogens (tertiary/aromatic N) is 1. The normalized spacial score (nSPS) is 20.2. The lowest BCUT2D eigenvalue weighted by atomic mass is 10.2. The summed E-state index contributed by atoms with van der Waals surface area (Å²) in [6.45, 7) is 7.93. The van der Waals surface area contributed by atoms with Crippen molar-refractivity contribution in [1.29, 1.82) is 0 Å². The molecule has 1 aliphatic rings. The van der Waals surface area contributed by atoms with Gasteiger partial charge in [0.1, 0.15) is 10.8 Å². The van der Waals surface area contributed by atoms with E-state index >= 15 is 0 Å². The first kappa shape index (κ1) is 17.4. The summed E-state index contributed by atoms with van der Waals surface area (Å²) in [6.07, 6.45) is 0.346. The Morgan fingerprint density at radius 1 is 1.36 bits per heavy atom. The standard InChI is InChI=1S/C16H22Cl2N2O2/c1-10(2)20-8-7-12(9-20)19-16(21)11(3)22-14-6-4-5-13(17)15(14)18/h4-6,10-12H,7-9H2,1-3H3,(H,19,21)/t11-,12+/m0/s1. The number of hydrogen-bond acceptors (Lipinski definition) is 3. The van der Waals surface area contributed by atoms with E-state index in [1.807, 2.05) is 0 Å². The Hall–Kier alpha value is -0.970. The third kappa shape index (κ3) is 4.28. The predicted octanol–water partition coefficient (Wildman–Crippen LogP) is 3.36. The number of halogens is 2. The molecule has 1 aliphatic heterocycles. The monoisotopic (exact) mass is 344 g/mol. The van der Waals surface area contributed by atoms with E-state index in [0.717, 1.165) is 19.5 Å². The molecule has 4 nitrogen and oxygen atoms in total. The van der Waals surface area contributed by atoms with Crippen molar-refractivity contribution in [3.63, 3.8) is 0 Å². The Bertz CT molecular complexity index is 537. The van der Waals surface area contributed by atoms with Gasteiger partial charge in [-0.3, -0.25) is 9.69 Å². The van der Waals surface area contributed by atoms with Crippen molar-refractivity contribution >= 4 is 29.1 Å². The van der Waals surface area contributed by atoms with E-state index in [1.165, 1.54) is 0 Å². The van der Waals surface area contributed by atoms with Crippen LogP contribution in [-0.4, -0.2) is 42.1 Å². The molecule has 2 rings (SSSR count). The van der Waals surface area contributed by atoms with Crippen LogP contribution in [0.1, 0.15) is 27.2 Å². The van der Waals surface area contributed by atoms with E-state index in [9.17, 15) is 4.79 Å². The van der Waals surface area contributed by atoms with E-state index in [0.29, 0.717) is 21.8 Å². The second-order valence-corrected chi connectivity index (χ2v) is 6.68. The lowest BCUT2D eigenvalue weighted by molar-refractivity contribution is -0.127. The SMILES string of the molecule is CC(C)N1CC[C@@H](NC(=O)[C@H](C)Oc2cccc(Cl)c2Cl)C1. The zero-order valence-electron chi connectivity index (χ0n) is 13.1. The van der Waals surface area contributed by atoms with Crippen LogP contribution in [0.4, 0.5) is 0 Å². The van der Waals surface area contributed by atoms with Crippen molar-refractivity contribution in [3.05, 3.63) is 28.2 Å².